The lowest BCUT2D eigenvalue weighted by Gasteiger charge is -2.34. The van der Waals surface area contributed by atoms with Crippen LogP contribution in [0.2, 0.25) is 5.02 Å². The van der Waals surface area contributed by atoms with Gasteiger partial charge in [-0.3, -0.25) is 9.59 Å². The molecule has 164 valence electrons. The number of amides is 3. The van der Waals surface area contributed by atoms with Gasteiger partial charge in [0.15, 0.2) is 5.69 Å². The standard InChI is InChI=1S/C23H22ClN5O3/c1-16(30)29-21(17-6-3-2-4-7-17)15-20(26-29)22(31)27-10-12-28(13-11-27)23(32)25-19-9-5-8-18(24)14-19/h2-9,14-15H,10-13H2,1H3,(H,25,32). The number of halogens is 1. The number of carbonyl (C=O) groups is 3. The van der Waals surface area contributed by atoms with E-state index in [-0.39, 0.29) is 23.5 Å². The summed E-state index contributed by atoms with van der Waals surface area (Å²) >= 11 is 5.96. The minimum absolute atomic E-state index is 0.205. The van der Waals surface area contributed by atoms with Gasteiger partial charge in [0.25, 0.3) is 5.91 Å². The quantitative estimate of drug-likeness (QED) is 0.655. The fourth-order valence-electron chi connectivity index (χ4n) is 3.58. The molecule has 1 fully saturated rings. The van der Waals surface area contributed by atoms with Crippen molar-refractivity contribution in [1.29, 1.82) is 0 Å². The van der Waals surface area contributed by atoms with Crippen LogP contribution < -0.4 is 5.32 Å². The van der Waals surface area contributed by atoms with Gasteiger partial charge in [-0.2, -0.15) is 9.78 Å². The summed E-state index contributed by atoms with van der Waals surface area (Å²) in [5.41, 5.74) is 2.19. The Morgan fingerprint density at radius 2 is 1.59 bits per heavy atom. The minimum Gasteiger partial charge on any atom is -0.334 e. The summed E-state index contributed by atoms with van der Waals surface area (Å²) in [4.78, 5) is 40.9. The molecule has 9 heteroatoms. The lowest BCUT2D eigenvalue weighted by molar-refractivity contribution is 0.0665. The number of hydrogen-bond donors (Lipinski definition) is 1. The van der Waals surface area contributed by atoms with Crippen molar-refractivity contribution in [1.82, 2.24) is 19.6 Å². The van der Waals surface area contributed by atoms with Crippen molar-refractivity contribution >= 4 is 35.1 Å². The minimum atomic E-state index is -0.273. The van der Waals surface area contributed by atoms with Gasteiger partial charge in [0.05, 0.1) is 5.69 Å². The van der Waals surface area contributed by atoms with Crippen LogP contribution in [0.3, 0.4) is 0 Å². The maximum absolute atomic E-state index is 13.0. The SMILES string of the molecule is CC(=O)n1nc(C(=O)N2CCN(C(=O)Nc3cccc(Cl)c3)CC2)cc1-c1ccccc1. The number of anilines is 1. The molecule has 3 aromatic rings. The van der Waals surface area contributed by atoms with Crippen LogP contribution in [0.15, 0.2) is 60.7 Å². The Labute approximate surface area is 190 Å². The largest absolute Gasteiger partial charge is 0.334 e. The van der Waals surface area contributed by atoms with E-state index in [9.17, 15) is 14.4 Å². The summed E-state index contributed by atoms with van der Waals surface area (Å²) in [5, 5.41) is 7.61. The summed E-state index contributed by atoms with van der Waals surface area (Å²) in [6.07, 6.45) is 0. The van der Waals surface area contributed by atoms with Crippen molar-refractivity contribution in [2.45, 2.75) is 6.92 Å². The van der Waals surface area contributed by atoms with Crippen LogP contribution in [-0.4, -0.2) is 63.6 Å². The van der Waals surface area contributed by atoms with Gasteiger partial charge in [-0.1, -0.05) is 48.0 Å². The van der Waals surface area contributed by atoms with E-state index in [0.717, 1.165) is 5.56 Å². The molecule has 2 aromatic carbocycles. The van der Waals surface area contributed by atoms with Gasteiger partial charge in [-0.15, -0.1) is 0 Å². The van der Waals surface area contributed by atoms with Crippen LogP contribution >= 0.6 is 11.6 Å². The number of piperazine rings is 1. The number of urea groups is 1. The smallest absolute Gasteiger partial charge is 0.321 e. The van der Waals surface area contributed by atoms with Gasteiger partial charge in [0.2, 0.25) is 5.91 Å². The Hall–Kier alpha value is -3.65. The predicted octanol–water partition coefficient (Wildman–Crippen LogP) is 3.85. The molecule has 8 nitrogen and oxygen atoms in total. The van der Waals surface area contributed by atoms with E-state index in [1.54, 1.807) is 40.1 Å². The average molecular weight is 452 g/mol. The lowest BCUT2D eigenvalue weighted by atomic mass is 10.1. The Bertz CT molecular complexity index is 1150. The molecule has 1 aliphatic heterocycles. The molecule has 3 amide bonds. The number of carbonyl (C=O) groups excluding carboxylic acids is 3. The van der Waals surface area contributed by atoms with Crippen molar-refractivity contribution in [2.75, 3.05) is 31.5 Å². The lowest BCUT2D eigenvalue weighted by Crippen LogP contribution is -2.51. The molecule has 1 aromatic heterocycles. The van der Waals surface area contributed by atoms with Crippen LogP contribution in [0.5, 0.6) is 0 Å². The molecule has 0 saturated carbocycles. The molecule has 0 aliphatic carbocycles. The van der Waals surface area contributed by atoms with Crippen LogP contribution in [-0.2, 0) is 0 Å². The van der Waals surface area contributed by atoms with Gasteiger partial charge in [-0.25, -0.2) is 4.79 Å². The Morgan fingerprint density at radius 1 is 0.906 bits per heavy atom. The topological polar surface area (TPSA) is 87.5 Å². The molecule has 1 N–H and O–H groups in total. The second-order valence-corrected chi connectivity index (χ2v) is 7.87. The van der Waals surface area contributed by atoms with E-state index in [2.05, 4.69) is 10.4 Å². The molecule has 4 rings (SSSR count). The number of nitrogens with zero attached hydrogens (tertiary/aromatic N) is 4. The Morgan fingerprint density at radius 3 is 2.25 bits per heavy atom. The van der Waals surface area contributed by atoms with Gasteiger partial charge in [-0.05, 0) is 24.3 Å². The molecule has 1 saturated heterocycles. The zero-order valence-electron chi connectivity index (χ0n) is 17.5. The first-order valence-corrected chi connectivity index (χ1v) is 10.6. The highest BCUT2D eigenvalue weighted by molar-refractivity contribution is 6.30. The second-order valence-electron chi connectivity index (χ2n) is 7.43. The van der Waals surface area contributed by atoms with E-state index < -0.39 is 0 Å². The normalized spacial score (nSPS) is 13.7. The highest BCUT2D eigenvalue weighted by atomic mass is 35.5. The van der Waals surface area contributed by atoms with Crippen LogP contribution in [0, 0.1) is 0 Å². The number of aromatic nitrogens is 2. The van der Waals surface area contributed by atoms with Gasteiger partial charge >= 0.3 is 6.03 Å². The van der Waals surface area contributed by atoms with Gasteiger partial charge in [0, 0.05) is 49.4 Å². The fourth-order valence-corrected chi connectivity index (χ4v) is 3.77. The molecule has 32 heavy (non-hydrogen) atoms. The van der Waals surface area contributed by atoms with E-state index in [0.29, 0.717) is 42.6 Å². The Kier molecular flexibility index (Phi) is 6.23. The molecule has 0 unspecified atom stereocenters. The van der Waals surface area contributed by atoms with E-state index in [1.807, 2.05) is 30.3 Å². The molecule has 0 bridgehead atoms. The number of rotatable bonds is 3. The van der Waals surface area contributed by atoms with E-state index in [4.69, 9.17) is 11.6 Å². The molecule has 2 heterocycles. The third-order valence-corrected chi connectivity index (χ3v) is 5.46. The van der Waals surface area contributed by atoms with Crippen LogP contribution in [0.25, 0.3) is 11.3 Å². The number of benzene rings is 2. The summed E-state index contributed by atoms with van der Waals surface area (Å²) < 4.78 is 1.25. The fraction of sp³-hybridized carbons (Fsp3) is 0.217. The Balaban J connectivity index is 1.42. The third-order valence-electron chi connectivity index (χ3n) is 5.23. The molecule has 0 radical (unpaired) electrons. The zero-order valence-corrected chi connectivity index (χ0v) is 18.2. The maximum atomic E-state index is 13.0. The number of nitrogens with one attached hydrogen (secondary N) is 1. The van der Waals surface area contributed by atoms with E-state index >= 15 is 0 Å². The molecular weight excluding hydrogens is 430 g/mol. The highest BCUT2D eigenvalue weighted by Crippen LogP contribution is 2.22. The van der Waals surface area contributed by atoms with Crippen molar-refractivity contribution in [3.63, 3.8) is 0 Å². The van der Waals surface area contributed by atoms with E-state index in [1.165, 1.54) is 11.6 Å². The maximum Gasteiger partial charge on any atom is 0.321 e. The number of hydrogen-bond acceptors (Lipinski definition) is 4. The summed E-state index contributed by atoms with van der Waals surface area (Å²) in [6.45, 7) is 2.92. The zero-order chi connectivity index (χ0) is 22.7. The molecule has 0 spiro atoms. The predicted molar refractivity (Wildman–Crippen MR) is 122 cm³/mol. The summed E-state index contributed by atoms with van der Waals surface area (Å²) in [5.74, 6) is -0.539. The molecule has 0 atom stereocenters. The third kappa shape index (κ3) is 4.65. The van der Waals surface area contributed by atoms with Crippen molar-refractivity contribution in [2.24, 2.45) is 0 Å². The molecular formula is C23H22ClN5O3. The average Bonchev–Trinajstić information content (AvgIpc) is 3.25. The monoisotopic (exact) mass is 451 g/mol. The molecule has 1 aliphatic rings. The first kappa shape index (κ1) is 21.6. The first-order chi connectivity index (χ1) is 15.4. The van der Waals surface area contributed by atoms with Crippen molar-refractivity contribution in [3.05, 3.63) is 71.4 Å². The van der Waals surface area contributed by atoms with Crippen LogP contribution in [0.1, 0.15) is 22.2 Å². The van der Waals surface area contributed by atoms with Crippen molar-refractivity contribution in [3.8, 4) is 11.3 Å². The van der Waals surface area contributed by atoms with Gasteiger partial charge in [0.1, 0.15) is 0 Å². The van der Waals surface area contributed by atoms with Crippen molar-refractivity contribution < 1.29 is 14.4 Å². The van der Waals surface area contributed by atoms with Crippen LogP contribution in [0.4, 0.5) is 10.5 Å². The highest BCUT2D eigenvalue weighted by Gasteiger charge is 2.27. The first-order valence-electron chi connectivity index (χ1n) is 10.2. The summed E-state index contributed by atoms with van der Waals surface area (Å²) in [7, 11) is 0. The second kappa shape index (κ2) is 9.23. The summed E-state index contributed by atoms with van der Waals surface area (Å²) in [6, 6.07) is 17.7. The van der Waals surface area contributed by atoms with Gasteiger partial charge < -0.3 is 15.1 Å².